The molecule has 0 amide bonds. The van der Waals surface area contributed by atoms with Gasteiger partial charge in [-0.25, -0.2) is 8.42 Å². The van der Waals surface area contributed by atoms with Crippen LogP contribution in [0.5, 0.6) is 0 Å². The van der Waals surface area contributed by atoms with E-state index in [-0.39, 0.29) is 5.60 Å². The molecule has 0 aromatic carbocycles. The molecule has 6 nitrogen and oxygen atoms in total. The molecule has 2 N–H and O–H groups in total. The van der Waals surface area contributed by atoms with Crippen molar-refractivity contribution in [2.75, 3.05) is 33.0 Å². The highest BCUT2D eigenvalue weighted by atomic mass is 32.2. The summed E-state index contributed by atoms with van der Waals surface area (Å²) in [6, 6.07) is 0. The van der Waals surface area contributed by atoms with Gasteiger partial charge in [0.25, 0.3) is 0 Å². The SMILES string of the molecule is CCNC(=NCC(C)(C)OC)NCC(C)(C)S(C)(=O)=O. The van der Waals surface area contributed by atoms with Crippen molar-refractivity contribution in [3.63, 3.8) is 0 Å². The van der Waals surface area contributed by atoms with Crippen LogP contribution in [0, 0.1) is 0 Å². The molecule has 0 aliphatic carbocycles. The van der Waals surface area contributed by atoms with Gasteiger partial charge >= 0.3 is 0 Å². The highest BCUT2D eigenvalue weighted by molar-refractivity contribution is 7.92. The summed E-state index contributed by atoms with van der Waals surface area (Å²) in [4.78, 5) is 4.42. The van der Waals surface area contributed by atoms with Gasteiger partial charge in [-0.05, 0) is 34.6 Å². The molecule has 0 bridgehead atoms. The smallest absolute Gasteiger partial charge is 0.191 e. The number of nitrogens with one attached hydrogen (secondary N) is 2. The van der Waals surface area contributed by atoms with Crippen molar-refractivity contribution in [1.82, 2.24) is 10.6 Å². The summed E-state index contributed by atoms with van der Waals surface area (Å²) in [5, 5.41) is 6.16. The molecule has 0 aromatic heterocycles. The predicted octanol–water partition coefficient (Wildman–Crippen LogP) is 0.790. The molecule has 20 heavy (non-hydrogen) atoms. The summed E-state index contributed by atoms with van der Waals surface area (Å²) in [6.07, 6.45) is 1.24. The quantitative estimate of drug-likeness (QED) is 0.537. The number of sulfone groups is 1. The normalized spacial score (nSPS) is 14.2. The van der Waals surface area contributed by atoms with Crippen molar-refractivity contribution in [3.8, 4) is 0 Å². The number of hydrogen-bond acceptors (Lipinski definition) is 4. The van der Waals surface area contributed by atoms with Crippen LogP contribution in [0.2, 0.25) is 0 Å². The van der Waals surface area contributed by atoms with Gasteiger partial charge in [-0.2, -0.15) is 0 Å². The van der Waals surface area contributed by atoms with Gasteiger partial charge < -0.3 is 15.4 Å². The molecule has 0 fully saturated rings. The first-order valence-electron chi connectivity index (χ1n) is 6.72. The Balaban J connectivity index is 4.77. The summed E-state index contributed by atoms with van der Waals surface area (Å²) in [5.74, 6) is 0.592. The van der Waals surface area contributed by atoms with Crippen molar-refractivity contribution >= 4 is 15.8 Å². The van der Waals surface area contributed by atoms with Gasteiger partial charge in [0.15, 0.2) is 15.8 Å². The molecule has 0 saturated carbocycles. The first kappa shape index (κ1) is 19.2. The van der Waals surface area contributed by atoms with Crippen molar-refractivity contribution in [3.05, 3.63) is 0 Å². The monoisotopic (exact) mass is 307 g/mol. The lowest BCUT2D eigenvalue weighted by molar-refractivity contribution is 0.0310. The van der Waals surface area contributed by atoms with Gasteiger partial charge in [0.2, 0.25) is 0 Å². The van der Waals surface area contributed by atoms with Crippen molar-refractivity contribution in [2.45, 2.75) is 45.0 Å². The van der Waals surface area contributed by atoms with Gasteiger partial charge in [-0.1, -0.05) is 0 Å². The highest BCUT2D eigenvalue weighted by Crippen LogP contribution is 2.13. The van der Waals surface area contributed by atoms with E-state index in [2.05, 4.69) is 15.6 Å². The maximum Gasteiger partial charge on any atom is 0.191 e. The van der Waals surface area contributed by atoms with Crippen LogP contribution in [-0.4, -0.2) is 57.7 Å². The molecule has 0 atom stereocenters. The Morgan fingerprint density at radius 3 is 2.15 bits per heavy atom. The van der Waals surface area contributed by atoms with Crippen LogP contribution >= 0.6 is 0 Å². The Kier molecular flexibility index (Phi) is 6.97. The molecular weight excluding hydrogens is 278 g/mol. The van der Waals surface area contributed by atoms with E-state index in [0.717, 1.165) is 0 Å². The average Bonchev–Trinajstić information content (AvgIpc) is 2.31. The molecule has 7 heteroatoms. The summed E-state index contributed by atoms with van der Waals surface area (Å²) in [6.45, 7) is 10.7. The first-order valence-corrected chi connectivity index (χ1v) is 8.61. The van der Waals surface area contributed by atoms with E-state index >= 15 is 0 Å². The Labute approximate surface area is 123 Å². The van der Waals surface area contributed by atoms with Crippen LogP contribution in [0.3, 0.4) is 0 Å². The van der Waals surface area contributed by atoms with Crippen molar-refractivity contribution in [1.29, 1.82) is 0 Å². The van der Waals surface area contributed by atoms with E-state index in [1.807, 2.05) is 20.8 Å². The molecule has 0 radical (unpaired) electrons. The lowest BCUT2D eigenvalue weighted by Crippen LogP contribution is -2.48. The Hall–Kier alpha value is -0.820. The Bertz CT molecular complexity index is 428. The standard InChI is InChI=1S/C13H29N3O3S/c1-8-14-11(15-9-12(2,3)19-6)16-10-13(4,5)20(7,17)18/h8-10H2,1-7H3,(H2,14,15,16). The maximum atomic E-state index is 11.7. The van der Waals surface area contributed by atoms with Crippen molar-refractivity contribution < 1.29 is 13.2 Å². The third-order valence-corrected chi connectivity index (χ3v) is 5.35. The Morgan fingerprint density at radius 1 is 1.20 bits per heavy atom. The number of hydrogen-bond donors (Lipinski definition) is 2. The number of ether oxygens (including phenoxy) is 1. The van der Waals surface area contributed by atoms with Gasteiger partial charge in [0.05, 0.1) is 16.9 Å². The zero-order chi connectivity index (χ0) is 16.0. The third kappa shape index (κ3) is 6.56. The topological polar surface area (TPSA) is 79.8 Å². The van der Waals surface area contributed by atoms with E-state index in [4.69, 9.17) is 4.74 Å². The van der Waals surface area contributed by atoms with Crippen LogP contribution in [0.25, 0.3) is 0 Å². The molecule has 0 aromatic rings. The number of rotatable bonds is 7. The van der Waals surface area contributed by atoms with Crippen LogP contribution in [0.1, 0.15) is 34.6 Å². The van der Waals surface area contributed by atoms with E-state index in [0.29, 0.717) is 25.6 Å². The van der Waals surface area contributed by atoms with Crippen LogP contribution in [0.15, 0.2) is 4.99 Å². The molecule has 0 heterocycles. The zero-order valence-electron chi connectivity index (χ0n) is 13.7. The summed E-state index contributed by atoms with van der Waals surface area (Å²) in [5.41, 5.74) is -0.352. The van der Waals surface area contributed by atoms with Crippen LogP contribution < -0.4 is 10.6 Å². The van der Waals surface area contributed by atoms with Crippen molar-refractivity contribution in [2.24, 2.45) is 4.99 Å². The molecule has 0 unspecified atom stereocenters. The number of nitrogens with zero attached hydrogens (tertiary/aromatic N) is 1. The molecule has 0 spiro atoms. The molecular formula is C13H29N3O3S. The number of guanidine groups is 1. The minimum atomic E-state index is -3.13. The number of aliphatic imine (C=N–C) groups is 1. The number of methoxy groups -OCH3 is 1. The van der Waals surface area contributed by atoms with E-state index in [1.165, 1.54) is 6.26 Å². The minimum Gasteiger partial charge on any atom is -0.377 e. The molecule has 0 aliphatic rings. The molecule has 0 aliphatic heterocycles. The molecule has 0 saturated heterocycles. The zero-order valence-corrected chi connectivity index (χ0v) is 14.5. The molecule has 0 rings (SSSR count). The second kappa shape index (κ2) is 7.26. The minimum absolute atomic E-state index is 0.297. The second-order valence-electron chi connectivity index (χ2n) is 6.04. The van der Waals surface area contributed by atoms with E-state index < -0.39 is 14.6 Å². The lowest BCUT2D eigenvalue weighted by Gasteiger charge is -2.25. The van der Waals surface area contributed by atoms with Gasteiger partial charge in [-0.3, -0.25) is 4.99 Å². The maximum absolute atomic E-state index is 11.7. The van der Waals surface area contributed by atoms with Gasteiger partial charge in [0.1, 0.15) is 0 Å². The largest absolute Gasteiger partial charge is 0.377 e. The summed E-state index contributed by atoms with van der Waals surface area (Å²) in [7, 11) is -1.49. The first-order chi connectivity index (χ1) is 8.95. The lowest BCUT2D eigenvalue weighted by atomic mass is 10.1. The van der Waals surface area contributed by atoms with Crippen LogP contribution in [0.4, 0.5) is 0 Å². The second-order valence-corrected chi connectivity index (χ2v) is 8.69. The van der Waals surface area contributed by atoms with E-state index in [1.54, 1.807) is 21.0 Å². The fourth-order valence-corrected chi connectivity index (χ4v) is 1.44. The molecule has 120 valence electrons. The van der Waals surface area contributed by atoms with Crippen LogP contribution in [-0.2, 0) is 14.6 Å². The fraction of sp³-hybridized carbons (Fsp3) is 0.923. The van der Waals surface area contributed by atoms with E-state index in [9.17, 15) is 8.42 Å². The van der Waals surface area contributed by atoms with Gasteiger partial charge in [-0.15, -0.1) is 0 Å². The predicted molar refractivity (Wildman–Crippen MR) is 84.0 cm³/mol. The Morgan fingerprint density at radius 2 is 1.75 bits per heavy atom. The highest BCUT2D eigenvalue weighted by Gasteiger charge is 2.30. The summed E-state index contributed by atoms with van der Waals surface area (Å²) < 4.78 is 27.8. The average molecular weight is 307 g/mol. The third-order valence-electron chi connectivity index (χ3n) is 3.20. The summed E-state index contributed by atoms with van der Waals surface area (Å²) >= 11 is 0. The fourth-order valence-electron chi connectivity index (χ4n) is 1.10. The van der Waals surface area contributed by atoms with Gasteiger partial charge in [0, 0.05) is 26.5 Å².